The smallest absolute Gasteiger partial charge is 0.124 e. The summed E-state index contributed by atoms with van der Waals surface area (Å²) >= 11 is 5.95. The Morgan fingerprint density at radius 3 is 2.71 bits per heavy atom. The number of aliphatic hydroxyl groups is 1. The third-order valence-corrected chi connectivity index (χ3v) is 2.51. The van der Waals surface area contributed by atoms with E-state index in [2.05, 4.69) is 0 Å². The maximum Gasteiger partial charge on any atom is 0.124 e. The number of aryl methyl sites for hydroxylation is 1. The van der Waals surface area contributed by atoms with Gasteiger partial charge in [-0.15, -0.1) is 0 Å². The number of methoxy groups -OCH3 is 1. The fourth-order valence-electron chi connectivity index (χ4n) is 1.24. The molecule has 0 heterocycles. The molecule has 0 bridgehead atoms. The zero-order chi connectivity index (χ0) is 10.7. The number of ether oxygens (including phenoxy) is 1. The first-order chi connectivity index (χ1) is 6.60. The van der Waals surface area contributed by atoms with Gasteiger partial charge in [0.1, 0.15) is 5.75 Å². The highest BCUT2D eigenvalue weighted by Gasteiger charge is 2.12. The van der Waals surface area contributed by atoms with Crippen molar-refractivity contribution in [1.29, 1.82) is 0 Å². The van der Waals surface area contributed by atoms with E-state index in [0.717, 1.165) is 11.1 Å². The van der Waals surface area contributed by atoms with Gasteiger partial charge in [0.2, 0.25) is 0 Å². The lowest BCUT2D eigenvalue weighted by Crippen LogP contribution is -2.15. The Morgan fingerprint density at radius 2 is 2.21 bits per heavy atom. The van der Waals surface area contributed by atoms with Crippen LogP contribution >= 0.6 is 11.6 Å². The molecule has 0 unspecified atom stereocenters. The van der Waals surface area contributed by atoms with Crippen LogP contribution in [0.4, 0.5) is 0 Å². The van der Waals surface area contributed by atoms with Gasteiger partial charge in [0.05, 0.1) is 19.8 Å². The van der Waals surface area contributed by atoms with Gasteiger partial charge < -0.3 is 15.6 Å². The van der Waals surface area contributed by atoms with Gasteiger partial charge in [-0.2, -0.15) is 0 Å². The molecule has 4 heteroatoms. The van der Waals surface area contributed by atoms with Gasteiger partial charge in [-0.05, 0) is 24.6 Å². The van der Waals surface area contributed by atoms with Gasteiger partial charge in [-0.25, -0.2) is 0 Å². The summed E-state index contributed by atoms with van der Waals surface area (Å²) < 4.78 is 5.15. The van der Waals surface area contributed by atoms with Crippen molar-refractivity contribution in [2.24, 2.45) is 5.73 Å². The minimum Gasteiger partial charge on any atom is -0.496 e. The molecular weight excluding hydrogens is 202 g/mol. The molecule has 3 nitrogen and oxygen atoms in total. The fraction of sp³-hybridized carbons (Fsp3) is 0.400. The van der Waals surface area contributed by atoms with Crippen molar-refractivity contribution in [1.82, 2.24) is 0 Å². The van der Waals surface area contributed by atoms with Crippen molar-refractivity contribution in [3.63, 3.8) is 0 Å². The van der Waals surface area contributed by atoms with Crippen LogP contribution in [0.25, 0.3) is 0 Å². The molecule has 0 spiro atoms. The molecule has 0 radical (unpaired) electrons. The average Bonchev–Trinajstić information content (AvgIpc) is 2.20. The van der Waals surface area contributed by atoms with E-state index in [9.17, 15) is 0 Å². The number of hydrogen-bond donors (Lipinski definition) is 2. The molecule has 1 atom stereocenters. The summed E-state index contributed by atoms with van der Waals surface area (Å²) in [4.78, 5) is 0. The second-order valence-electron chi connectivity index (χ2n) is 3.13. The Morgan fingerprint density at radius 1 is 1.57 bits per heavy atom. The number of benzene rings is 1. The van der Waals surface area contributed by atoms with E-state index in [-0.39, 0.29) is 6.61 Å². The van der Waals surface area contributed by atoms with Crippen LogP contribution in [0.1, 0.15) is 17.2 Å². The molecule has 0 aromatic heterocycles. The van der Waals surface area contributed by atoms with E-state index >= 15 is 0 Å². The van der Waals surface area contributed by atoms with Crippen LogP contribution < -0.4 is 10.5 Å². The van der Waals surface area contributed by atoms with E-state index in [1.807, 2.05) is 13.0 Å². The molecule has 0 aliphatic rings. The Bertz CT molecular complexity index is 328. The molecule has 0 fully saturated rings. The Kier molecular flexibility index (Phi) is 3.75. The second kappa shape index (κ2) is 4.64. The van der Waals surface area contributed by atoms with Gasteiger partial charge in [-0.3, -0.25) is 0 Å². The SMILES string of the molecule is COc1cc(C)c(Cl)cc1[C@H](N)CO. The zero-order valence-electron chi connectivity index (χ0n) is 8.25. The first kappa shape index (κ1) is 11.3. The van der Waals surface area contributed by atoms with Crippen molar-refractivity contribution in [2.45, 2.75) is 13.0 Å². The number of hydrogen-bond acceptors (Lipinski definition) is 3. The summed E-state index contributed by atoms with van der Waals surface area (Å²) in [5.41, 5.74) is 7.36. The Balaban J connectivity index is 3.19. The average molecular weight is 216 g/mol. The van der Waals surface area contributed by atoms with Crippen LogP contribution in [0.2, 0.25) is 5.02 Å². The van der Waals surface area contributed by atoms with E-state index in [1.54, 1.807) is 13.2 Å². The summed E-state index contributed by atoms with van der Waals surface area (Å²) in [7, 11) is 1.57. The van der Waals surface area contributed by atoms with Crippen molar-refractivity contribution >= 4 is 11.6 Å². The van der Waals surface area contributed by atoms with Crippen LogP contribution in [0, 0.1) is 6.92 Å². The number of nitrogens with two attached hydrogens (primary N) is 1. The summed E-state index contributed by atoms with van der Waals surface area (Å²) in [5.74, 6) is 0.661. The molecule has 78 valence electrons. The fourth-order valence-corrected chi connectivity index (χ4v) is 1.41. The lowest BCUT2D eigenvalue weighted by molar-refractivity contribution is 0.264. The van der Waals surface area contributed by atoms with Gasteiger partial charge in [0.25, 0.3) is 0 Å². The second-order valence-corrected chi connectivity index (χ2v) is 3.54. The number of halogens is 1. The first-order valence-corrected chi connectivity index (χ1v) is 4.68. The summed E-state index contributed by atoms with van der Waals surface area (Å²) in [6.45, 7) is 1.76. The third-order valence-electron chi connectivity index (χ3n) is 2.11. The van der Waals surface area contributed by atoms with Crippen LogP contribution in [0.15, 0.2) is 12.1 Å². The zero-order valence-corrected chi connectivity index (χ0v) is 9.01. The van der Waals surface area contributed by atoms with Crippen molar-refractivity contribution < 1.29 is 9.84 Å². The van der Waals surface area contributed by atoms with Crippen LogP contribution in [-0.4, -0.2) is 18.8 Å². The standard InChI is InChI=1S/C10H14ClNO2/c1-6-3-10(14-2)7(4-8(6)11)9(12)5-13/h3-4,9,13H,5,12H2,1-2H3/t9-/m1/s1. The van der Waals surface area contributed by atoms with Gasteiger partial charge in [0.15, 0.2) is 0 Å². The Hall–Kier alpha value is -0.770. The quantitative estimate of drug-likeness (QED) is 0.806. The minimum absolute atomic E-state index is 0.129. The largest absolute Gasteiger partial charge is 0.496 e. The highest BCUT2D eigenvalue weighted by atomic mass is 35.5. The molecular formula is C10H14ClNO2. The molecule has 1 aromatic carbocycles. The normalized spacial score (nSPS) is 12.6. The van der Waals surface area contributed by atoms with Gasteiger partial charge in [-0.1, -0.05) is 11.6 Å². The molecule has 1 rings (SSSR count). The van der Waals surface area contributed by atoms with Crippen molar-refractivity contribution in [3.8, 4) is 5.75 Å². The molecule has 0 saturated carbocycles. The summed E-state index contributed by atoms with van der Waals surface area (Å²) in [6, 6.07) is 3.09. The van der Waals surface area contributed by atoms with E-state index in [1.165, 1.54) is 0 Å². The lowest BCUT2D eigenvalue weighted by atomic mass is 10.0. The third kappa shape index (κ3) is 2.18. The van der Waals surface area contributed by atoms with E-state index in [4.69, 9.17) is 27.2 Å². The molecule has 3 N–H and O–H groups in total. The van der Waals surface area contributed by atoms with Gasteiger partial charge >= 0.3 is 0 Å². The number of rotatable bonds is 3. The topological polar surface area (TPSA) is 55.5 Å². The van der Waals surface area contributed by atoms with Crippen LogP contribution in [0.3, 0.4) is 0 Å². The maximum atomic E-state index is 8.94. The van der Waals surface area contributed by atoms with Crippen LogP contribution in [-0.2, 0) is 0 Å². The predicted molar refractivity (Wildman–Crippen MR) is 56.8 cm³/mol. The molecule has 14 heavy (non-hydrogen) atoms. The molecule has 0 saturated heterocycles. The monoisotopic (exact) mass is 215 g/mol. The highest BCUT2D eigenvalue weighted by molar-refractivity contribution is 6.31. The Labute approximate surface area is 88.4 Å². The first-order valence-electron chi connectivity index (χ1n) is 4.30. The lowest BCUT2D eigenvalue weighted by Gasteiger charge is -2.15. The van der Waals surface area contributed by atoms with Crippen molar-refractivity contribution in [3.05, 3.63) is 28.3 Å². The summed E-state index contributed by atoms with van der Waals surface area (Å²) in [5, 5.41) is 9.57. The van der Waals surface area contributed by atoms with Gasteiger partial charge in [0, 0.05) is 10.6 Å². The highest BCUT2D eigenvalue weighted by Crippen LogP contribution is 2.29. The maximum absolute atomic E-state index is 8.94. The number of aliphatic hydroxyl groups excluding tert-OH is 1. The van der Waals surface area contributed by atoms with Crippen molar-refractivity contribution in [2.75, 3.05) is 13.7 Å². The molecule has 0 aliphatic carbocycles. The van der Waals surface area contributed by atoms with Crippen LogP contribution in [0.5, 0.6) is 5.75 Å². The molecule has 0 amide bonds. The summed E-state index contributed by atoms with van der Waals surface area (Å²) in [6.07, 6.45) is 0. The van der Waals surface area contributed by atoms with E-state index in [0.29, 0.717) is 10.8 Å². The molecule has 0 aliphatic heterocycles. The molecule has 1 aromatic rings. The van der Waals surface area contributed by atoms with E-state index < -0.39 is 6.04 Å². The minimum atomic E-state index is -0.456. The predicted octanol–water partition coefficient (Wildman–Crippen LogP) is 1.65.